The average Bonchev–Trinajstić information content (AvgIpc) is 3.80. The van der Waals surface area contributed by atoms with Crippen LogP contribution in [0.3, 0.4) is 0 Å². The highest BCUT2D eigenvalue weighted by Gasteiger charge is 2.46. The zero-order valence-corrected chi connectivity index (χ0v) is 40.5. The minimum Gasteiger partial charge on any atom is -0.454 e. The Labute approximate surface area is 432 Å². The first-order valence-electron chi connectivity index (χ1n) is 25.4. The maximum atomic E-state index is 7.38. The van der Waals surface area contributed by atoms with Crippen LogP contribution in [0.15, 0.2) is 291 Å². The summed E-state index contributed by atoms with van der Waals surface area (Å²) in [4.78, 5) is 4.75. The Morgan fingerprint density at radius 3 is 1.41 bits per heavy atom. The molecule has 0 N–H and O–H groups in total. The van der Waals surface area contributed by atoms with Gasteiger partial charge in [-0.25, -0.2) is 0 Å². The number of para-hydroxylation sites is 2. The predicted octanol–water partition coefficient (Wildman–Crippen LogP) is 19.2. The Morgan fingerprint density at radius 2 is 0.770 bits per heavy atom. The van der Waals surface area contributed by atoms with Gasteiger partial charge in [0.15, 0.2) is 5.75 Å². The smallest absolute Gasteiger partial charge is 0.159 e. The van der Waals surface area contributed by atoms with E-state index in [0.717, 1.165) is 73.1 Å². The van der Waals surface area contributed by atoms with E-state index in [1.807, 2.05) is 0 Å². The summed E-state index contributed by atoms with van der Waals surface area (Å²) in [6.45, 7) is 0. The molecule has 0 saturated carbocycles. The van der Waals surface area contributed by atoms with Crippen LogP contribution in [0.25, 0.3) is 55.3 Å². The highest BCUT2D eigenvalue weighted by atomic mass is 16.5. The number of rotatable bonds is 10. The molecule has 12 aromatic rings. The number of anilines is 6. The van der Waals surface area contributed by atoms with E-state index in [1.165, 1.54) is 50.1 Å². The van der Waals surface area contributed by atoms with Crippen molar-refractivity contribution in [1.82, 2.24) is 0 Å². The van der Waals surface area contributed by atoms with Gasteiger partial charge in [0.1, 0.15) is 5.75 Å². The molecule has 0 unspecified atom stereocenters. The molecule has 0 bridgehead atoms. The molecule has 348 valence electrons. The fourth-order valence-corrected chi connectivity index (χ4v) is 11.9. The van der Waals surface area contributed by atoms with Gasteiger partial charge in [-0.2, -0.15) is 0 Å². The van der Waals surface area contributed by atoms with Gasteiger partial charge in [-0.05, 0) is 133 Å². The van der Waals surface area contributed by atoms with Crippen LogP contribution < -0.4 is 14.5 Å². The molecule has 1 aliphatic carbocycles. The zero-order valence-electron chi connectivity index (χ0n) is 40.5. The monoisotopic (exact) mass is 944 g/mol. The largest absolute Gasteiger partial charge is 0.454 e. The summed E-state index contributed by atoms with van der Waals surface area (Å²) < 4.78 is 7.38. The Balaban J connectivity index is 0.983. The van der Waals surface area contributed by atoms with E-state index in [1.54, 1.807) is 0 Å². The summed E-state index contributed by atoms with van der Waals surface area (Å²) in [7, 11) is 0. The third-order valence-corrected chi connectivity index (χ3v) is 15.1. The van der Waals surface area contributed by atoms with Crippen LogP contribution in [0.1, 0.15) is 22.3 Å². The van der Waals surface area contributed by atoms with Gasteiger partial charge in [0, 0.05) is 33.7 Å². The van der Waals surface area contributed by atoms with Gasteiger partial charge in [0.25, 0.3) is 0 Å². The third kappa shape index (κ3) is 6.97. The van der Waals surface area contributed by atoms with E-state index < -0.39 is 5.41 Å². The van der Waals surface area contributed by atoms with Gasteiger partial charge in [0.2, 0.25) is 0 Å². The molecule has 0 radical (unpaired) electrons. The number of hydrogen-bond donors (Lipinski definition) is 0. The van der Waals surface area contributed by atoms with E-state index in [2.05, 4.69) is 301 Å². The summed E-state index contributed by atoms with van der Waals surface area (Å²) in [6.07, 6.45) is 0. The van der Waals surface area contributed by atoms with Crippen molar-refractivity contribution < 1.29 is 4.74 Å². The fourth-order valence-electron chi connectivity index (χ4n) is 11.9. The zero-order chi connectivity index (χ0) is 49.0. The normalized spacial score (nSPS) is 12.5. The lowest BCUT2D eigenvalue weighted by Gasteiger charge is -2.35. The molecule has 0 amide bonds. The molecule has 3 heteroatoms. The Morgan fingerprint density at radius 1 is 0.297 bits per heavy atom. The van der Waals surface area contributed by atoms with Gasteiger partial charge < -0.3 is 14.5 Å². The van der Waals surface area contributed by atoms with Gasteiger partial charge >= 0.3 is 0 Å². The lowest BCUT2D eigenvalue weighted by atomic mass is 9.67. The number of hydrogen-bond acceptors (Lipinski definition) is 3. The standard InChI is InChI=1S/C71H48N2O/c1-6-20-49(21-7-1)50-36-38-51(39-37-50)52-40-43-58(44-41-52)73(59-45-46-61-60-31-16-17-33-63(60)71(64(61)48-59,54-23-8-2-9-24-54)55-25-10-3-11-26-55)65-34-19-35-67-69(65)62-32-18-22-53-42-47-66(70(74-67)68(53)62)72(56-27-12-4-13-28-56)57-29-14-5-15-30-57/h1-48H. The van der Waals surface area contributed by atoms with Crippen molar-refractivity contribution in [3.8, 4) is 56.0 Å². The molecular weight excluding hydrogens is 897 g/mol. The molecule has 0 spiro atoms. The van der Waals surface area contributed by atoms with Crippen molar-refractivity contribution in [2.45, 2.75) is 5.41 Å². The lowest BCUT2D eigenvalue weighted by molar-refractivity contribution is 0.488. The molecule has 1 aliphatic heterocycles. The van der Waals surface area contributed by atoms with Crippen molar-refractivity contribution in [3.63, 3.8) is 0 Å². The molecule has 12 aromatic carbocycles. The quantitative estimate of drug-likeness (QED) is 0.136. The highest BCUT2D eigenvalue weighted by molar-refractivity contribution is 6.11. The Hall–Kier alpha value is -9.70. The first-order valence-corrected chi connectivity index (χ1v) is 25.4. The Bertz CT molecular complexity index is 3930. The van der Waals surface area contributed by atoms with Crippen molar-refractivity contribution in [2.24, 2.45) is 0 Å². The Kier molecular flexibility index (Phi) is 10.4. The first kappa shape index (κ1) is 43.1. The van der Waals surface area contributed by atoms with E-state index in [4.69, 9.17) is 4.74 Å². The molecular formula is C71H48N2O. The van der Waals surface area contributed by atoms with Crippen LogP contribution in [-0.2, 0) is 5.41 Å². The second-order valence-electron chi connectivity index (χ2n) is 19.2. The summed E-state index contributed by atoms with van der Waals surface area (Å²) >= 11 is 0. The molecule has 1 heterocycles. The van der Waals surface area contributed by atoms with Crippen LogP contribution in [0.2, 0.25) is 0 Å². The van der Waals surface area contributed by atoms with Gasteiger partial charge in [-0.1, -0.05) is 224 Å². The molecule has 0 saturated heterocycles. The van der Waals surface area contributed by atoms with Crippen molar-refractivity contribution in [3.05, 3.63) is 313 Å². The molecule has 2 aliphatic rings. The van der Waals surface area contributed by atoms with Crippen molar-refractivity contribution >= 4 is 44.9 Å². The fraction of sp³-hybridized carbons (Fsp3) is 0.0141. The van der Waals surface area contributed by atoms with Gasteiger partial charge in [0.05, 0.1) is 16.8 Å². The number of nitrogens with zero attached hydrogens (tertiary/aromatic N) is 2. The maximum Gasteiger partial charge on any atom is 0.159 e. The summed E-state index contributed by atoms with van der Waals surface area (Å²) in [6, 6.07) is 106. The predicted molar refractivity (Wildman–Crippen MR) is 307 cm³/mol. The molecule has 3 nitrogen and oxygen atoms in total. The van der Waals surface area contributed by atoms with Crippen LogP contribution in [0.4, 0.5) is 34.1 Å². The molecule has 74 heavy (non-hydrogen) atoms. The molecule has 0 atom stereocenters. The summed E-state index contributed by atoms with van der Waals surface area (Å²) in [5.74, 6) is 1.63. The molecule has 14 rings (SSSR count). The highest BCUT2D eigenvalue weighted by Crippen LogP contribution is 2.60. The van der Waals surface area contributed by atoms with Gasteiger partial charge in [-0.3, -0.25) is 0 Å². The second-order valence-corrected chi connectivity index (χ2v) is 19.2. The van der Waals surface area contributed by atoms with Crippen LogP contribution in [0.5, 0.6) is 11.5 Å². The SMILES string of the molecule is c1ccc(-c2ccc(-c3ccc(N(c4ccc5c(c4)C(c4ccccc4)(c4ccccc4)c4ccccc4-5)c4cccc5c4-c4cccc6ccc(N(c7ccccc7)c7ccccc7)c(c46)O5)cc3)cc2)cc1. The number of fused-ring (bicyclic) bond motifs is 5. The van der Waals surface area contributed by atoms with E-state index >= 15 is 0 Å². The third-order valence-electron chi connectivity index (χ3n) is 15.1. The molecule has 0 aromatic heterocycles. The topological polar surface area (TPSA) is 15.7 Å². The van der Waals surface area contributed by atoms with Crippen LogP contribution in [0, 0.1) is 0 Å². The van der Waals surface area contributed by atoms with Crippen molar-refractivity contribution in [1.29, 1.82) is 0 Å². The minimum absolute atomic E-state index is 0.574. The maximum absolute atomic E-state index is 7.38. The summed E-state index contributed by atoms with van der Waals surface area (Å²) in [5.41, 5.74) is 20.0. The number of benzene rings is 12. The lowest BCUT2D eigenvalue weighted by Crippen LogP contribution is -2.28. The first-order chi connectivity index (χ1) is 36.7. The molecule has 0 fully saturated rings. The van der Waals surface area contributed by atoms with Gasteiger partial charge in [-0.15, -0.1) is 0 Å². The van der Waals surface area contributed by atoms with Crippen LogP contribution >= 0.6 is 0 Å². The van der Waals surface area contributed by atoms with Crippen LogP contribution in [-0.4, -0.2) is 0 Å². The minimum atomic E-state index is -0.574. The van der Waals surface area contributed by atoms with Crippen molar-refractivity contribution in [2.75, 3.05) is 9.80 Å². The van der Waals surface area contributed by atoms with E-state index in [0.29, 0.717) is 0 Å². The van der Waals surface area contributed by atoms with E-state index in [9.17, 15) is 0 Å². The second kappa shape index (κ2) is 17.9. The summed E-state index contributed by atoms with van der Waals surface area (Å²) in [5, 5.41) is 2.19. The number of ether oxygens (including phenoxy) is 1. The van der Waals surface area contributed by atoms with E-state index in [-0.39, 0.29) is 0 Å². The average molecular weight is 945 g/mol.